The summed E-state index contributed by atoms with van der Waals surface area (Å²) in [5.41, 5.74) is 7.22. The number of carbonyl (C=O) groups excluding carboxylic acids is 2. The summed E-state index contributed by atoms with van der Waals surface area (Å²) in [7, 11) is 0. The van der Waals surface area contributed by atoms with Gasteiger partial charge in [-0.1, -0.05) is 35.4 Å². The topological polar surface area (TPSA) is 40.6 Å². The summed E-state index contributed by atoms with van der Waals surface area (Å²) in [4.78, 5) is 30.2. The maximum absolute atomic E-state index is 13.3. The van der Waals surface area contributed by atoms with E-state index in [0.29, 0.717) is 0 Å². The normalized spacial score (nSPS) is 16.7. The zero-order valence-electron chi connectivity index (χ0n) is 18.2. The molecule has 0 N–H and O–H groups in total. The summed E-state index contributed by atoms with van der Waals surface area (Å²) in [6.07, 6.45) is 0. The fourth-order valence-electron chi connectivity index (χ4n) is 4.58. The van der Waals surface area contributed by atoms with Gasteiger partial charge in [-0.05, 0) is 77.6 Å². The smallest absolute Gasteiger partial charge is 0.243 e. The van der Waals surface area contributed by atoms with Gasteiger partial charge in [-0.3, -0.25) is 19.4 Å². The maximum atomic E-state index is 13.3. The van der Waals surface area contributed by atoms with Crippen molar-refractivity contribution in [1.82, 2.24) is 0 Å². The lowest BCUT2D eigenvalue weighted by Gasteiger charge is -2.44. The molecule has 28 heavy (non-hydrogen) atoms. The van der Waals surface area contributed by atoms with Crippen LogP contribution in [-0.2, 0) is 9.59 Å². The van der Waals surface area contributed by atoms with Crippen LogP contribution in [0.15, 0.2) is 24.3 Å². The van der Waals surface area contributed by atoms with Crippen molar-refractivity contribution >= 4 is 23.2 Å². The van der Waals surface area contributed by atoms with Gasteiger partial charge < -0.3 is 0 Å². The van der Waals surface area contributed by atoms with Gasteiger partial charge in [0.1, 0.15) is 12.1 Å². The van der Waals surface area contributed by atoms with Crippen molar-refractivity contribution in [2.45, 2.75) is 55.4 Å². The minimum atomic E-state index is -1.12. The van der Waals surface area contributed by atoms with E-state index < -0.39 is 5.41 Å². The van der Waals surface area contributed by atoms with Gasteiger partial charge in [-0.25, -0.2) is 0 Å². The maximum Gasteiger partial charge on any atom is 0.243 e. The van der Waals surface area contributed by atoms with E-state index in [1.807, 2.05) is 27.7 Å². The van der Waals surface area contributed by atoms with E-state index in [-0.39, 0.29) is 18.5 Å². The van der Waals surface area contributed by atoms with Crippen LogP contribution in [0.3, 0.4) is 0 Å². The highest BCUT2D eigenvalue weighted by Crippen LogP contribution is 2.38. The first-order chi connectivity index (χ1) is 12.9. The van der Waals surface area contributed by atoms with Crippen LogP contribution in [-0.4, -0.2) is 18.5 Å². The third kappa shape index (κ3) is 3.11. The Morgan fingerprint density at radius 1 is 0.643 bits per heavy atom. The number of benzene rings is 2. The number of carbonyl (C=O) groups is 2. The number of hydrogen-bond acceptors (Lipinski definition) is 2. The second kappa shape index (κ2) is 6.77. The van der Waals surface area contributed by atoms with Gasteiger partial charge in [0.25, 0.3) is 0 Å². The molecule has 4 heteroatoms. The molecule has 0 aromatic heterocycles. The standard InChI is InChI=1S/C24H30N2O2/c1-14-9-16(3)20(17(4)10-14)25-13-26(23(28)24(7,8)22(25)27)21-18(5)11-15(2)12-19(21)6/h9-12H,13H2,1-8H3. The van der Waals surface area contributed by atoms with Gasteiger partial charge in [-0.15, -0.1) is 0 Å². The summed E-state index contributed by atoms with van der Waals surface area (Å²) in [5, 5.41) is 0. The molecule has 148 valence electrons. The summed E-state index contributed by atoms with van der Waals surface area (Å²) < 4.78 is 0. The van der Waals surface area contributed by atoms with Crippen molar-refractivity contribution in [2.75, 3.05) is 16.5 Å². The van der Waals surface area contributed by atoms with Gasteiger partial charge >= 0.3 is 0 Å². The molecule has 0 saturated carbocycles. The van der Waals surface area contributed by atoms with Gasteiger partial charge in [0.15, 0.2) is 0 Å². The number of anilines is 2. The van der Waals surface area contributed by atoms with Crippen LogP contribution in [0.1, 0.15) is 47.2 Å². The molecule has 1 aliphatic rings. The average molecular weight is 379 g/mol. The number of hydrogen-bond donors (Lipinski definition) is 0. The highest BCUT2D eigenvalue weighted by Gasteiger charge is 2.48. The minimum Gasteiger partial charge on any atom is -0.292 e. The van der Waals surface area contributed by atoms with E-state index in [1.165, 1.54) is 11.1 Å². The highest BCUT2D eigenvalue weighted by molar-refractivity contribution is 6.19. The Balaban J connectivity index is 2.18. The lowest BCUT2D eigenvalue weighted by molar-refractivity contribution is -0.140. The lowest BCUT2D eigenvalue weighted by atomic mass is 9.86. The predicted octanol–water partition coefficient (Wildman–Crippen LogP) is 4.90. The van der Waals surface area contributed by atoms with Gasteiger partial charge in [0, 0.05) is 0 Å². The molecule has 0 radical (unpaired) electrons. The van der Waals surface area contributed by atoms with Crippen LogP contribution >= 0.6 is 0 Å². The zero-order chi connectivity index (χ0) is 21.0. The zero-order valence-corrected chi connectivity index (χ0v) is 18.2. The fraction of sp³-hybridized carbons (Fsp3) is 0.417. The third-order valence-electron chi connectivity index (χ3n) is 5.65. The minimum absolute atomic E-state index is 0.147. The van der Waals surface area contributed by atoms with E-state index in [0.717, 1.165) is 33.6 Å². The molecule has 0 unspecified atom stereocenters. The first kappa shape index (κ1) is 20.1. The number of rotatable bonds is 2. The summed E-state index contributed by atoms with van der Waals surface area (Å²) >= 11 is 0. The summed E-state index contributed by atoms with van der Waals surface area (Å²) in [6, 6.07) is 8.36. The van der Waals surface area contributed by atoms with E-state index in [1.54, 1.807) is 23.6 Å². The molecule has 1 fully saturated rings. The largest absolute Gasteiger partial charge is 0.292 e. The highest BCUT2D eigenvalue weighted by atomic mass is 16.2. The molecule has 2 aromatic rings. The Morgan fingerprint density at radius 2 is 0.929 bits per heavy atom. The SMILES string of the molecule is Cc1cc(C)c(N2CN(c3c(C)cc(C)cc3C)C(=O)C(C)(C)C2=O)c(C)c1. The van der Waals surface area contributed by atoms with Crippen molar-refractivity contribution in [2.24, 2.45) is 5.41 Å². The molecule has 2 aromatic carbocycles. The van der Waals surface area contributed by atoms with Crippen LogP contribution in [0.5, 0.6) is 0 Å². The Kier molecular flexibility index (Phi) is 4.86. The molecule has 1 heterocycles. The molecule has 0 aliphatic carbocycles. The van der Waals surface area contributed by atoms with Gasteiger partial charge in [0.05, 0.1) is 11.4 Å². The quantitative estimate of drug-likeness (QED) is 0.697. The first-order valence-corrected chi connectivity index (χ1v) is 9.74. The second-order valence-corrected chi connectivity index (χ2v) is 8.73. The molecule has 1 saturated heterocycles. The number of nitrogens with zero attached hydrogens (tertiary/aromatic N) is 2. The van der Waals surface area contributed by atoms with E-state index in [9.17, 15) is 9.59 Å². The third-order valence-corrected chi connectivity index (χ3v) is 5.65. The van der Waals surface area contributed by atoms with Crippen molar-refractivity contribution in [3.8, 4) is 0 Å². The summed E-state index contributed by atoms with van der Waals surface area (Å²) in [6.45, 7) is 15.9. The molecule has 2 amide bonds. The van der Waals surface area contributed by atoms with E-state index in [2.05, 4.69) is 38.1 Å². The van der Waals surface area contributed by atoms with Crippen LogP contribution < -0.4 is 9.80 Å². The number of amides is 2. The second-order valence-electron chi connectivity index (χ2n) is 8.73. The predicted molar refractivity (Wildman–Crippen MR) is 115 cm³/mol. The van der Waals surface area contributed by atoms with Crippen LogP contribution in [0.4, 0.5) is 11.4 Å². The first-order valence-electron chi connectivity index (χ1n) is 9.74. The molecule has 0 atom stereocenters. The van der Waals surface area contributed by atoms with Crippen molar-refractivity contribution in [3.63, 3.8) is 0 Å². The monoisotopic (exact) mass is 378 g/mol. The number of aryl methyl sites for hydroxylation is 6. The van der Waals surface area contributed by atoms with Crippen molar-refractivity contribution < 1.29 is 9.59 Å². The van der Waals surface area contributed by atoms with E-state index >= 15 is 0 Å². The molecular weight excluding hydrogens is 348 g/mol. The van der Waals surface area contributed by atoms with Crippen LogP contribution in [0.2, 0.25) is 0 Å². The Hall–Kier alpha value is -2.62. The fourth-order valence-corrected chi connectivity index (χ4v) is 4.58. The van der Waals surface area contributed by atoms with Crippen LogP contribution in [0.25, 0.3) is 0 Å². The molecule has 3 rings (SSSR count). The molecule has 0 spiro atoms. The Morgan fingerprint density at radius 3 is 1.21 bits per heavy atom. The molecule has 4 nitrogen and oxygen atoms in total. The van der Waals surface area contributed by atoms with E-state index in [4.69, 9.17) is 0 Å². The van der Waals surface area contributed by atoms with Crippen molar-refractivity contribution in [3.05, 3.63) is 57.6 Å². The average Bonchev–Trinajstić information content (AvgIpc) is 2.55. The van der Waals surface area contributed by atoms with Crippen molar-refractivity contribution in [1.29, 1.82) is 0 Å². The summed E-state index contributed by atoms with van der Waals surface area (Å²) in [5.74, 6) is -0.294. The van der Waals surface area contributed by atoms with Gasteiger partial charge in [-0.2, -0.15) is 0 Å². The van der Waals surface area contributed by atoms with Crippen LogP contribution in [0, 0.1) is 47.0 Å². The Bertz CT molecular complexity index is 865. The Labute approximate surface area is 168 Å². The molecule has 1 aliphatic heterocycles. The molecule has 0 bridgehead atoms. The molecular formula is C24H30N2O2. The lowest BCUT2D eigenvalue weighted by Crippen LogP contribution is -2.61. The van der Waals surface area contributed by atoms with Gasteiger partial charge in [0.2, 0.25) is 11.8 Å².